The van der Waals surface area contributed by atoms with Crippen molar-refractivity contribution < 1.29 is 19.7 Å². The van der Waals surface area contributed by atoms with Gasteiger partial charge in [0.15, 0.2) is 0 Å². The average Bonchev–Trinajstić information content (AvgIpc) is 2.81. The minimum absolute atomic E-state index is 0.0605. The van der Waals surface area contributed by atoms with Gasteiger partial charge in [-0.15, -0.1) is 0 Å². The minimum atomic E-state index is -1.32. The Morgan fingerprint density at radius 1 is 1.03 bits per heavy atom. The summed E-state index contributed by atoms with van der Waals surface area (Å²) in [6, 6.07) is 13.3. The second-order valence-electron chi connectivity index (χ2n) is 11.0. The second-order valence-corrected chi connectivity index (χ2v) is 11.0. The first-order valence-electron chi connectivity index (χ1n) is 13.3. The van der Waals surface area contributed by atoms with E-state index in [4.69, 9.17) is 9.47 Å². The Morgan fingerprint density at radius 2 is 1.69 bits per heavy atom. The van der Waals surface area contributed by atoms with E-state index in [1.807, 2.05) is 32.0 Å². The number of β-amino-alcohol motifs (C(OH)–C–C–N with tert-alkyl or cyclic N) is 1. The number of hydrogen-bond donors (Lipinski definition) is 2. The maximum absolute atomic E-state index is 11.3. The summed E-state index contributed by atoms with van der Waals surface area (Å²) in [6.45, 7) is 18.4. The molecule has 6 nitrogen and oxygen atoms in total. The number of piperidine rings is 1. The van der Waals surface area contributed by atoms with E-state index in [9.17, 15) is 10.2 Å². The summed E-state index contributed by atoms with van der Waals surface area (Å²) in [4.78, 5) is 4.61. The topological polar surface area (TPSA) is 65.4 Å². The van der Waals surface area contributed by atoms with Gasteiger partial charge in [-0.05, 0) is 95.3 Å². The predicted octanol–water partition coefficient (Wildman–Crippen LogP) is 4.49. The van der Waals surface area contributed by atoms with Gasteiger partial charge in [-0.1, -0.05) is 18.2 Å². The molecule has 200 valence electrons. The SMILES string of the molecule is Cc1cc(C)c(C)c(OC[C@@]2(O)CN(Cc3ccc(OCCN(C(C)C)C(C)C)cc3)CC[C@@H]2O)c1. The molecule has 2 N–H and O–H groups in total. The van der Waals surface area contributed by atoms with E-state index in [1.54, 1.807) is 0 Å². The summed E-state index contributed by atoms with van der Waals surface area (Å²) in [6.07, 6.45) is -0.304. The molecule has 1 heterocycles. The lowest BCUT2D eigenvalue weighted by Crippen LogP contribution is -2.59. The zero-order valence-electron chi connectivity index (χ0n) is 23.3. The van der Waals surface area contributed by atoms with Gasteiger partial charge in [0.25, 0.3) is 0 Å². The second kappa shape index (κ2) is 12.4. The third kappa shape index (κ3) is 7.45. The van der Waals surface area contributed by atoms with Crippen LogP contribution >= 0.6 is 0 Å². The molecule has 2 aromatic rings. The Morgan fingerprint density at radius 3 is 2.33 bits per heavy atom. The van der Waals surface area contributed by atoms with Crippen LogP contribution in [0.15, 0.2) is 36.4 Å². The van der Waals surface area contributed by atoms with Gasteiger partial charge >= 0.3 is 0 Å². The largest absolute Gasteiger partial charge is 0.492 e. The van der Waals surface area contributed by atoms with Crippen molar-refractivity contribution in [3.63, 3.8) is 0 Å². The van der Waals surface area contributed by atoms with Crippen molar-refractivity contribution >= 4 is 0 Å². The molecule has 0 aromatic heterocycles. The van der Waals surface area contributed by atoms with Crippen LogP contribution in [0.1, 0.15) is 56.4 Å². The van der Waals surface area contributed by atoms with Crippen LogP contribution in [0.25, 0.3) is 0 Å². The van der Waals surface area contributed by atoms with Gasteiger partial charge in [-0.3, -0.25) is 9.80 Å². The Hall–Kier alpha value is -2.12. The molecule has 1 aliphatic rings. The number of aliphatic hydroxyl groups excluding tert-OH is 1. The van der Waals surface area contributed by atoms with Crippen LogP contribution < -0.4 is 9.47 Å². The molecule has 1 saturated heterocycles. The minimum Gasteiger partial charge on any atom is -0.492 e. The van der Waals surface area contributed by atoms with Crippen LogP contribution in [0.5, 0.6) is 11.5 Å². The Bertz CT molecular complexity index is 968. The Kier molecular flexibility index (Phi) is 9.81. The van der Waals surface area contributed by atoms with E-state index < -0.39 is 11.7 Å². The van der Waals surface area contributed by atoms with Crippen LogP contribution in [0.4, 0.5) is 0 Å². The third-order valence-corrected chi connectivity index (χ3v) is 7.35. The Labute approximate surface area is 217 Å². The maximum Gasteiger partial charge on any atom is 0.137 e. The molecule has 0 unspecified atom stereocenters. The lowest BCUT2D eigenvalue weighted by molar-refractivity contribution is -0.140. The standard InChI is InChI=1S/C30H46N2O4/c1-21(2)32(22(3)4)14-15-35-27-10-8-26(9-11-27)18-31-13-12-29(33)30(34,19-31)20-36-28-17-23(5)16-24(6)25(28)7/h8-11,16-17,21-22,29,33-34H,12-15,18-20H2,1-7H3/t29-,30-/m0/s1. The monoisotopic (exact) mass is 498 g/mol. The fourth-order valence-corrected chi connectivity index (χ4v) is 5.11. The van der Waals surface area contributed by atoms with Crippen molar-refractivity contribution in [2.24, 2.45) is 0 Å². The van der Waals surface area contributed by atoms with Gasteiger partial charge in [0.1, 0.15) is 30.3 Å². The summed E-state index contributed by atoms with van der Waals surface area (Å²) < 4.78 is 12.0. The van der Waals surface area contributed by atoms with Crippen molar-refractivity contribution in [2.45, 2.75) is 85.2 Å². The molecule has 0 spiro atoms. The highest BCUT2D eigenvalue weighted by atomic mass is 16.5. The van der Waals surface area contributed by atoms with Crippen molar-refractivity contribution in [3.8, 4) is 11.5 Å². The number of likely N-dealkylation sites (tertiary alicyclic amines) is 1. The van der Waals surface area contributed by atoms with Crippen LogP contribution in [-0.2, 0) is 6.54 Å². The number of aryl methyl sites for hydroxylation is 2. The molecule has 0 saturated carbocycles. The highest BCUT2D eigenvalue weighted by Gasteiger charge is 2.42. The number of rotatable bonds is 11. The molecule has 0 radical (unpaired) electrons. The number of ether oxygens (including phenoxy) is 2. The fraction of sp³-hybridized carbons (Fsp3) is 0.600. The highest BCUT2D eigenvalue weighted by molar-refractivity contribution is 5.42. The first-order chi connectivity index (χ1) is 17.0. The summed E-state index contributed by atoms with van der Waals surface area (Å²) in [5, 5.41) is 21.9. The Balaban J connectivity index is 1.54. The zero-order chi connectivity index (χ0) is 26.5. The summed E-state index contributed by atoms with van der Waals surface area (Å²) in [5.74, 6) is 1.64. The lowest BCUT2D eigenvalue weighted by atomic mass is 9.90. The van der Waals surface area contributed by atoms with E-state index in [-0.39, 0.29) is 6.61 Å². The number of benzene rings is 2. The molecular formula is C30H46N2O4. The smallest absolute Gasteiger partial charge is 0.137 e. The average molecular weight is 499 g/mol. The van der Waals surface area contributed by atoms with Crippen LogP contribution in [0.2, 0.25) is 0 Å². The van der Waals surface area contributed by atoms with Crippen molar-refractivity contribution in [3.05, 3.63) is 58.7 Å². The molecule has 1 aliphatic heterocycles. The zero-order valence-corrected chi connectivity index (χ0v) is 23.3. The van der Waals surface area contributed by atoms with Gasteiger partial charge in [0, 0.05) is 38.3 Å². The number of hydrogen-bond acceptors (Lipinski definition) is 6. The molecular weight excluding hydrogens is 452 g/mol. The number of aliphatic hydroxyl groups is 2. The summed E-state index contributed by atoms with van der Waals surface area (Å²) in [7, 11) is 0. The molecule has 0 amide bonds. The molecule has 0 bridgehead atoms. The first kappa shape index (κ1) is 28.5. The molecule has 36 heavy (non-hydrogen) atoms. The van der Waals surface area contributed by atoms with E-state index in [0.29, 0.717) is 38.2 Å². The van der Waals surface area contributed by atoms with Gasteiger partial charge in [0.05, 0.1) is 6.10 Å². The van der Waals surface area contributed by atoms with Gasteiger partial charge in [0.2, 0.25) is 0 Å². The van der Waals surface area contributed by atoms with Gasteiger partial charge in [-0.25, -0.2) is 0 Å². The normalized spacial score (nSPS) is 20.9. The maximum atomic E-state index is 11.3. The van der Waals surface area contributed by atoms with Gasteiger partial charge < -0.3 is 19.7 Å². The lowest BCUT2D eigenvalue weighted by Gasteiger charge is -2.42. The quantitative estimate of drug-likeness (QED) is 0.476. The highest BCUT2D eigenvalue weighted by Crippen LogP contribution is 2.28. The molecule has 1 fully saturated rings. The predicted molar refractivity (Wildman–Crippen MR) is 146 cm³/mol. The van der Waals surface area contributed by atoms with Crippen molar-refractivity contribution in [2.75, 3.05) is 32.8 Å². The number of nitrogens with zero attached hydrogens (tertiary/aromatic N) is 2. The van der Waals surface area contributed by atoms with E-state index in [1.165, 1.54) is 0 Å². The van der Waals surface area contributed by atoms with Crippen molar-refractivity contribution in [1.29, 1.82) is 0 Å². The summed E-state index contributed by atoms with van der Waals surface area (Å²) in [5.41, 5.74) is 3.18. The van der Waals surface area contributed by atoms with Crippen LogP contribution in [0, 0.1) is 20.8 Å². The fourth-order valence-electron chi connectivity index (χ4n) is 5.11. The molecule has 6 heteroatoms. The van der Waals surface area contributed by atoms with E-state index >= 15 is 0 Å². The van der Waals surface area contributed by atoms with Gasteiger partial charge in [-0.2, -0.15) is 0 Å². The van der Waals surface area contributed by atoms with Crippen LogP contribution in [-0.4, -0.2) is 76.6 Å². The molecule has 2 aromatic carbocycles. The molecule has 2 atom stereocenters. The molecule has 3 rings (SSSR count). The van der Waals surface area contributed by atoms with E-state index in [0.717, 1.165) is 46.8 Å². The molecule has 0 aliphatic carbocycles. The van der Waals surface area contributed by atoms with Crippen LogP contribution in [0.3, 0.4) is 0 Å². The van der Waals surface area contributed by atoms with Crippen molar-refractivity contribution in [1.82, 2.24) is 9.80 Å². The first-order valence-corrected chi connectivity index (χ1v) is 13.3. The third-order valence-electron chi connectivity index (χ3n) is 7.35. The van der Waals surface area contributed by atoms with E-state index in [2.05, 4.69) is 62.6 Å². The summed E-state index contributed by atoms with van der Waals surface area (Å²) >= 11 is 0.